The third-order valence-corrected chi connectivity index (χ3v) is 5.33. The molecule has 2 heterocycles. The molecule has 0 fully saturated rings. The van der Waals surface area contributed by atoms with Crippen LogP contribution in [0.1, 0.15) is 29.7 Å². The van der Waals surface area contributed by atoms with Gasteiger partial charge in [0.05, 0.1) is 5.69 Å². The normalized spacial score (nSPS) is 14.4. The molecule has 0 saturated carbocycles. The number of phenolic OH excluding ortho intramolecular Hbond substituents is 1. The Kier molecular flexibility index (Phi) is 5.29. The Morgan fingerprint density at radius 2 is 2.11 bits per heavy atom. The number of aryl methyl sites for hydroxylation is 2. The van der Waals surface area contributed by atoms with E-state index in [2.05, 4.69) is 29.8 Å². The smallest absolute Gasteiger partial charge is 0.165 e. The summed E-state index contributed by atoms with van der Waals surface area (Å²) in [7, 11) is 0. The molecular formula is C22H24ClN3O2. The number of imidazole rings is 1. The van der Waals surface area contributed by atoms with Gasteiger partial charge in [-0.15, -0.1) is 0 Å². The van der Waals surface area contributed by atoms with Gasteiger partial charge in [-0.3, -0.25) is 4.90 Å². The fourth-order valence-electron chi connectivity index (χ4n) is 3.62. The van der Waals surface area contributed by atoms with Crippen LogP contribution in [0.2, 0.25) is 5.02 Å². The minimum atomic E-state index is 0.165. The summed E-state index contributed by atoms with van der Waals surface area (Å²) in [5.41, 5.74) is 5.04. The maximum absolute atomic E-state index is 10.6. The third-order valence-electron chi connectivity index (χ3n) is 5.09. The van der Waals surface area contributed by atoms with E-state index in [1.165, 1.54) is 0 Å². The quantitative estimate of drug-likeness (QED) is 0.669. The van der Waals surface area contributed by atoms with E-state index >= 15 is 0 Å². The molecule has 0 saturated heterocycles. The van der Waals surface area contributed by atoms with Crippen molar-refractivity contribution in [3.05, 3.63) is 64.2 Å². The topological polar surface area (TPSA) is 61.4 Å². The summed E-state index contributed by atoms with van der Waals surface area (Å²) in [5.74, 6) is 1.75. The molecule has 4 rings (SSSR count). The van der Waals surface area contributed by atoms with E-state index in [0.29, 0.717) is 23.9 Å². The van der Waals surface area contributed by atoms with E-state index in [0.717, 1.165) is 53.4 Å². The average molecular weight is 398 g/mol. The molecule has 0 radical (unpaired) electrons. The standard InChI is InChI=1S/C22H24ClN3O2/c1-3-21-24-14(2)19(25-21)13-26-7-8-28-22-17(12-26)9-16(11-20(22)27)15-5-4-6-18(23)10-15/h4-6,9-11,27H,3,7-8,12-13H2,1-2H3,(H,24,25). The van der Waals surface area contributed by atoms with Gasteiger partial charge >= 0.3 is 0 Å². The summed E-state index contributed by atoms with van der Waals surface area (Å²) in [5, 5.41) is 11.2. The zero-order valence-corrected chi connectivity index (χ0v) is 16.9. The third kappa shape index (κ3) is 3.86. The van der Waals surface area contributed by atoms with E-state index in [1.807, 2.05) is 24.3 Å². The van der Waals surface area contributed by atoms with Gasteiger partial charge in [0.15, 0.2) is 11.5 Å². The molecular weight excluding hydrogens is 374 g/mol. The van der Waals surface area contributed by atoms with Gasteiger partial charge in [-0.1, -0.05) is 30.7 Å². The highest BCUT2D eigenvalue weighted by Gasteiger charge is 2.21. The number of nitrogens with one attached hydrogen (secondary N) is 1. The molecule has 146 valence electrons. The Bertz CT molecular complexity index is 999. The summed E-state index contributed by atoms with van der Waals surface area (Å²) in [4.78, 5) is 10.3. The van der Waals surface area contributed by atoms with Crippen molar-refractivity contribution < 1.29 is 9.84 Å². The lowest BCUT2D eigenvalue weighted by molar-refractivity contribution is 0.215. The Hall–Kier alpha value is -2.50. The maximum atomic E-state index is 10.6. The van der Waals surface area contributed by atoms with Crippen LogP contribution in [0.15, 0.2) is 36.4 Å². The van der Waals surface area contributed by atoms with Crippen LogP contribution in [0.3, 0.4) is 0 Å². The van der Waals surface area contributed by atoms with Gasteiger partial charge in [-0.25, -0.2) is 4.98 Å². The van der Waals surface area contributed by atoms with E-state index in [1.54, 1.807) is 6.07 Å². The predicted octanol–water partition coefficient (Wildman–Crippen LogP) is 4.70. The zero-order chi connectivity index (χ0) is 19.7. The van der Waals surface area contributed by atoms with Gasteiger partial charge in [0, 0.05) is 42.3 Å². The molecule has 6 heteroatoms. The second kappa shape index (κ2) is 7.86. The first kappa shape index (κ1) is 18.8. The van der Waals surface area contributed by atoms with Crippen molar-refractivity contribution >= 4 is 11.6 Å². The number of rotatable bonds is 4. The second-order valence-electron chi connectivity index (χ2n) is 7.16. The summed E-state index contributed by atoms with van der Waals surface area (Å²) < 4.78 is 5.87. The summed E-state index contributed by atoms with van der Waals surface area (Å²) in [6, 6.07) is 11.5. The van der Waals surface area contributed by atoms with E-state index in [4.69, 9.17) is 21.3 Å². The molecule has 0 bridgehead atoms. The van der Waals surface area contributed by atoms with Crippen molar-refractivity contribution in [3.63, 3.8) is 0 Å². The average Bonchev–Trinajstić information content (AvgIpc) is 2.89. The fourth-order valence-corrected chi connectivity index (χ4v) is 3.81. The molecule has 1 aliphatic rings. The van der Waals surface area contributed by atoms with Gasteiger partial charge in [0.1, 0.15) is 12.4 Å². The Balaban J connectivity index is 1.63. The molecule has 28 heavy (non-hydrogen) atoms. The first-order valence-electron chi connectivity index (χ1n) is 9.55. The minimum Gasteiger partial charge on any atom is -0.504 e. The second-order valence-corrected chi connectivity index (χ2v) is 7.60. The highest BCUT2D eigenvalue weighted by atomic mass is 35.5. The number of aromatic nitrogens is 2. The Labute approximate surface area is 169 Å². The molecule has 0 unspecified atom stereocenters. The molecule has 2 N–H and O–H groups in total. The highest BCUT2D eigenvalue weighted by molar-refractivity contribution is 6.30. The van der Waals surface area contributed by atoms with Crippen molar-refractivity contribution in [2.24, 2.45) is 0 Å². The number of hydrogen-bond donors (Lipinski definition) is 2. The van der Waals surface area contributed by atoms with Crippen LogP contribution >= 0.6 is 11.6 Å². The van der Waals surface area contributed by atoms with Gasteiger partial charge in [-0.05, 0) is 42.3 Å². The van der Waals surface area contributed by atoms with Crippen molar-refractivity contribution in [2.45, 2.75) is 33.4 Å². The van der Waals surface area contributed by atoms with Crippen LogP contribution in [-0.4, -0.2) is 33.1 Å². The van der Waals surface area contributed by atoms with Crippen molar-refractivity contribution in [2.75, 3.05) is 13.2 Å². The first-order valence-corrected chi connectivity index (χ1v) is 9.92. The van der Waals surface area contributed by atoms with Crippen molar-refractivity contribution in [1.29, 1.82) is 0 Å². The lowest BCUT2D eigenvalue weighted by Gasteiger charge is -2.19. The first-order chi connectivity index (χ1) is 13.5. The SMILES string of the molecule is CCc1nc(CN2CCOc3c(O)cc(-c4cccc(Cl)c4)cc3C2)c(C)[nH]1. The van der Waals surface area contributed by atoms with Crippen LogP contribution < -0.4 is 4.74 Å². The monoisotopic (exact) mass is 397 g/mol. The number of nitrogens with zero attached hydrogens (tertiary/aromatic N) is 2. The largest absolute Gasteiger partial charge is 0.504 e. The number of halogens is 1. The van der Waals surface area contributed by atoms with Crippen LogP contribution in [0.4, 0.5) is 0 Å². The Morgan fingerprint density at radius 3 is 2.86 bits per heavy atom. The highest BCUT2D eigenvalue weighted by Crippen LogP contribution is 2.38. The number of fused-ring (bicyclic) bond motifs is 1. The number of aromatic hydroxyl groups is 1. The summed E-state index contributed by atoms with van der Waals surface area (Å²) in [6.07, 6.45) is 0.893. The fraction of sp³-hybridized carbons (Fsp3) is 0.318. The molecule has 0 atom stereocenters. The number of benzene rings is 2. The van der Waals surface area contributed by atoms with Crippen molar-refractivity contribution in [1.82, 2.24) is 14.9 Å². The number of hydrogen-bond acceptors (Lipinski definition) is 4. The molecule has 1 aliphatic heterocycles. The molecule has 1 aromatic heterocycles. The molecule has 0 spiro atoms. The van der Waals surface area contributed by atoms with E-state index in [9.17, 15) is 5.11 Å². The van der Waals surface area contributed by atoms with Crippen LogP contribution in [-0.2, 0) is 19.5 Å². The predicted molar refractivity (Wildman–Crippen MR) is 111 cm³/mol. The number of ether oxygens (including phenoxy) is 1. The van der Waals surface area contributed by atoms with E-state index < -0.39 is 0 Å². The summed E-state index contributed by atoms with van der Waals surface area (Å²) >= 11 is 6.14. The Morgan fingerprint density at radius 1 is 1.25 bits per heavy atom. The lowest BCUT2D eigenvalue weighted by atomic mass is 10.0. The molecule has 0 aliphatic carbocycles. The molecule has 5 nitrogen and oxygen atoms in total. The molecule has 3 aromatic rings. The van der Waals surface area contributed by atoms with Crippen LogP contribution in [0.5, 0.6) is 11.5 Å². The van der Waals surface area contributed by atoms with Gasteiger partial charge in [0.25, 0.3) is 0 Å². The molecule has 0 amide bonds. The minimum absolute atomic E-state index is 0.165. The van der Waals surface area contributed by atoms with Crippen LogP contribution in [0.25, 0.3) is 11.1 Å². The van der Waals surface area contributed by atoms with Crippen LogP contribution in [0, 0.1) is 6.92 Å². The van der Waals surface area contributed by atoms with Gasteiger partial charge in [-0.2, -0.15) is 0 Å². The number of phenols is 1. The van der Waals surface area contributed by atoms with E-state index in [-0.39, 0.29) is 5.75 Å². The lowest BCUT2D eigenvalue weighted by Crippen LogP contribution is -2.25. The van der Waals surface area contributed by atoms with Gasteiger partial charge < -0.3 is 14.8 Å². The van der Waals surface area contributed by atoms with Gasteiger partial charge in [0.2, 0.25) is 0 Å². The summed E-state index contributed by atoms with van der Waals surface area (Å²) in [6.45, 7) is 6.89. The molecule has 2 aromatic carbocycles. The number of H-pyrrole nitrogens is 1. The van der Waals surface area contributed by atoms with Crippen molar-refractivity contribution in [3.8, 4) is 22.6 Å². The zero-order valence-electron chi connectivity index (χ0n) is 16.1. The number of aromatic amines is 1. The maximum Gasteiger partial charge on any atom is 0.165 e.